The molecule has 2 aliphatic rings. The third-order valence-corrected chi connectivity index (χ3v) is 5.26. The largest absolute Gasteiger partial charge is 0.481 e. The molecule has 7 heteroatoms. The van der Waals surface area contributed by atoms with Crippen LogP contribution >= 0.6 is 11.6 Å². The number of carboxylic acids is 1. The van der Waals surface area contributed by atoms with Crippen LogP contribution in [0.1, 0.15) is 25.7 Å². The fourth-order valence-electron chi connectivity index (χ4n) is 3.52. The number of aliphatic carboxylic acids is 1. The molecular weight excluding hydrogens is 330 g/mol. The molecule has 2 fully saturated rings. The fraction of sp³-hybridized carbons (Fsp3) is 0.588. The van der Waals surface area contributed by atoms with Crippen molar-refractivity contribution in [3.8, 4) is 0 Å². The summed E-state index contributed by atoms with van der Waals surface area (Å²) in [6.07, 6.45) is 4.38. The van der Waals surface area contributed by atoms with Crippen LogP contribution in [0.25, 0.3) is 0 Å². The fourth-order valence-corrected chi connectivity index (χ4v) is 3.63. The molecule has 0 aromatic carbocycles. The van der Waals surface area contributed by atoms with Gasteiger partial charge in [-0.3, -0.25) is 9.59 Å². The molecule has 0 unspecified atom stereocenters. The highest BCUT2D eigenvalue weighted by Crippen LogP contribution is 2.26. The number of amides is 1. The molecule has 1 amide bonds. The van der Waals surface area contributed by atoms with Crippen LogP contribution < -0.4 is 4.90 Å². The first kappa shape index (κ1) is 17.0. The molecule has 1 aromatic heterocycles. The van der Waals surface area contributed by atoms with Gasteiger partial charge in [-0.1, -0.05) is 11.6 Å². The van der Waals surface area contributed by atoms with E-state index in [9.17, 15) is 9.59 Å². The van der Waals surface area contributed by atoms with Crippen molar-refractivity contribution in [2.75, 3.05) is 31.1 Å². The van der Waals surface area contributed by atoms with Crippen molar-refractivity contribution < 1.29 is 14.7 Å². The Labute approximate surface area is 146 Å². The average Bonchev–Trinajstić information content (AvgIpc) is 2.62. The molecule has 0 bridgehead atoms. The SMILES string of the molecule is O=C(O)C1CCN(C(=O)C2CCN(c3ccc(Cl)cn3)CC2)CC1. The number of piperidine rings is 2. The molecule has 6 nitrogen and oxygen atoms in total. The lowest BCUT2D eigenvalue weighted by Crippen LogP contribution is -2.46. The Balaban J connectivity index is 1.50. The van der Waals surface area contributed by atoms with E-state index >= 15 is 0 Å². The Hall–Kier alpha value is -1.82. The molecule has 0 saturated carbocycles. The van der Waals surface area contributed by atoms with Crippen molar-refractivity contribution in [3.63, 3.8) is 0 Å². The number of anilines is 1. The van der Waals surface area contributed by atoms with Crippen LogP contribution in [-0.2, 0) is 9.59 Å². The maximum atomic E-state index is 12.6. The van der Waals surface area contributed by atoms with Crippen molar-refractivity contribution in [3.05, 3.63) is 23.4 Å². The van der Waals surface area contributed by atoms with Gasteiger partial charge in [-0.05, 0) is 37.8 Å². The number of hydrogen-bond acceptors (Lipinski definition) is 4. The first-order valence-corrected chi connectivity index (χ1v) is 8.80. The lowest BCUT2D eigenvalue weighted by molar-refractivity contribution is -0.147. The van der Waals surface area contributed by atoms with Crippen LogP contribution in [0.2, 0.25) is 5.02 Å². The first-order chi connectivity index (χ1) is 11.5. The maximum Gasteiger partial charge on any atom is 0.306 e. The minimum Gasteiger partial charge on any atom is -0.481 e. The van der Waals surface area contributed by atoms with E-state index in [2.05, 4.69) is 9.88 Å². The number of rotatable bonds is 3. The molecule has 0 aliphatic carbocycles. The lowest BCUT2D eigenvalue weighted by Gasteiger charge is -2.37. The van der Waals surface area contributed by atoms with Crippen molar-refractivity contribution >= 4 is 29.3 Å². The average molecular weight is 352 g/mol. The van der Waals surface area contributed by atoms with Gasteiger partial charge < -0.3 is 14.9 Å². The zero-order valence-corrected chi connectivity index (χ0v) is 14.3. The van der Waals surface area contributed by atoms with Gasteiger partial charge in [-0.25, -0.2) is 4.98 Å². The van der Waals surface area contributed by atoms with Crippen LogP contribution in [0, 0.1) is 11.8 Å². The summed E-state index contributed by atoms with van der Waals surface area (Å²) in [5.74, 6) is 0.0720. The minimum absolute atomic E-state index is 0.0370. The zero-order chi connectivity index (χ0) is 17.1. The van der Waals surface area contributed by atoms with E-state index in [1.807, 2.05) is 17.0 Å². The van der Waals surface area contributed by atoms with E-state index in [-0.39, 0.29) is 17.7 Å². The van der Waals surface area contributed by atoms with Gasteiger partial charge in [0, 0.05) is 38.3 Å². The van der Waals surface area contributed by atoms with Crippen LogP contribution in [0.3, 0.4) is 0 Å². The van der Waals surface area contributed by atoms with Crippen molar-refractivity contribution in [1.82, 2.24) is 9.88 Å². The second-order valence-corrected chi connectivity index (χ2v) is 6.97. The molecule has 2 saturated heterocycles. The number of halogens is 1. The summed E-state index contributed by atoms with van der Waals surface area (Å²) >= 11 is 5.86. The Morgan fingerprint density at radius 3 is 2.21 bits per heavy atom. The van der Waals surface area contributed by atoms with E-state index in [4.69, 9.17) is 16.7 Å². The number of carbonyl (C=O) groups is 2. The summed E-state index contributed by atoms with van der Waals surface area (Å²) in [5.41, 5.74) is 0. The van der Waals surface area contributed by atoms with Gasteiger partial charge >= 0.3 is 5.97 Å². The summed E-state index contributed by atoms with van der Waals surface area (Å²) in [4.78, 5) is 32.0. The molecule has 3 heterocycles. The molecule has 1 N–H and O–H groups in total. The first-order valence-electron chi connectivity index (χ1n) is 8.42. The Kier molecular flexibility index (Phi) is 5.23. The topological polar surface area (TPSA) is 73.7 Å². The van der Waals surface area contributed by atoms with Gasteiger partial charge in [0.15, 0.2) is 0 Å². The van der Waals surface area contributed by atoms with Crippen LogP contribution in [0.5, 0.6) is 0 Å². The minimum atomic E-state index is -0.745. The smallest absolute Gasteiger partial charge is 0.306 e. The number of likely N-dealkylation sites (tertiary alicyclic amines) is 1. The van der Waals surface area contributed by atoms with Gasteiger partial charge in [0.05, 0.1) is 10.9 Å². The monoisotopic (exact) mass is 351 g/mol. The maximum absolute atomic E-state index is 12.6. The quantitative estimate of drug-likeness (QED) is 0.904. The molecule has 2 aliphatic heterocycles. The Bertz CT molecular complexity index is 592. The summed E-state index contributed by atoms with van der Waals surface area (Å²) in [6, 6.07) is 3.73. The van der Waals surface area contributed by atoms with Gasteiger partial charge in [-0.15, -0.1) is 0 Å². The van der Waals surface area contributed by atoms with E-state index in [1.54, 1.807) is 6.20 Å². The number of pyridine rings is 1. The highest BCUT2D eigenvalue weighted by molar-refractivity contribution is 6.30. The van der Waals surface area contributed by atoms with Gasteiger partial charge in [-0.2, -0.15) is 0 Å². The summed E-state index contributed by atoms with van der Waals surface area (Å²) < 4.78 is 0. The molecule has 130 valence electrons. The predicted octanol–water partition coefficient (Wildman–Crippen LogP) is 2.27. The van der Waals surface area contributed by atoms with Crippen LogP contribution in [0.4, 0.5) is 5.82 Å². The highest BCUT2D eigenvalue weighted by atomic mass is 35.5. The number of hydrogen-bond donors (Lipinski definition) is 1. The molecule has 24 heavy (non-hydrogen) atoms. The highest BCUT2D eigenvalue weighted by Gasteiger charge is 2.32. The summed E-state index contributed by atoms with van der Waals surface area (Å²) in [5, 5.41) is 9.66. The van der Waals surface area contributed by atoms with Crippen molar-refractivity contribution in [2.45, 2.75) is 25.7 Å². The standard InChI is InChI=1S/C17H22ClN3O3/c18-14-1-2-15(19-11-14)20-7-3-12(4-8-20)16(22)21-9-5-13(6-10-21)17(23)24/h1-2,11-13H,3-10H2,(H,23,24). The molecule has 3 rings (SSSR count). The summed E-state index contributed by atoms with van der Waals surface area (Å²) in [7, 11) is 0. The molecular formula is C17H22ClN3O3. The third kappa shape index (κ3) is 3.80. The Morgan fingerprint density at radius 2 is 1.67 bits per heavy atom. The third-order valence-electron chi connectivity index (χ3n) is 5.04. The molecule has 0 atom stereocenters. The number of carbonyl (C=O) groups excluding carboxylic acids is 1. The van der Waals surface area contributed by atoms with Crippen LogP contribution in [-0.4, -0.2) is 53.0 Å². The second-order valence-electron chi connectivity index (χ2n) is 6.53. The number of carboxylic acid groups (broad SMARTS) is 1. The predicted molar refractivity (Wildman–Crippen MR) is 91.1 cm³/mol. The van der Waals surface area contributed by atoms with Crippen molar-refractivity contribution in [2.24, 2.45) is 11.8 Å². The van der Waals surface area contributed by atoms with E-state index in [1.165, 1.54) is 0 Å². The van der Waals surface area contributed by atoms with E-state index < -0.39 is 5.97 Å². The van der Waals surface area contributed by atoms with Gasteiger partial charge in [0.1, 0.15) is 5.82 Å². The van der Waals surface area contributed by atoms with Crippen molar-refractivity contribution in [1.29, 1.82) is 0 Å². The zero-order valence-electron chi connectivity index (χ0n) is 13.5. The molecule has 1 aromatic rings. The van der Waals surface area contributed by atoms with Gasteiger partial charge in [0.25, 0.3) is 0 Å². The molecule has 0 spiro atoms. The number of aromatic nitrogens is 1. The number of nitrogens with zero attached hydrogens (tertiary/aromatic N) is 3. The second kappa shape index (κ2) is 7.38. The van der Waals surface area contributed by atoms with Gasteiger partial charge in [0.2, 0.25) is 5.91 Å². The molecule has 0 radical (unpaired) electrons. The lowest BCUT2D eigenvalue weighted by atomic mass is 9.92. The Morgan fingerprint density at radius 1 is 1.04 bits per heavy atom. The van der Waals surface area contributed by atoms with E-state index in [0.717, 1.165) is 31.7 Å². The normalized spacial score (nSPS) is 20.2. The van der Waals surface area contributed by atoms with Crippen LogP contribution in [0.15, 0.2) is 18.3 Å². The van der Waals surface area contributed by atoms with E-state index in [0.29, 0.717) is 31.0 Å². The summed E-state index contributed by atoms with van der Waals surface area (Å²) in [6.45, 7) is 2.73.